The standard InChI is InChI=1S/C35H23N5O3S/c1-20-29(35(43)40-32(36-20)30(21-10-4-2-5-11-21)31(38-40)22-12-6-3-7-13-22)23-16-17-26-27(18-23)44-28(37-26)19-39-33(41)24-14-8-9-15-25(24)34(39)42/h2-18,38H,19H2,1H3. The number of hydrogen-bond donors (Lipinski definition) is 1. The first-order valence-electron chi connectivity index (χ1n) is 14.1. The van der Waals surface area contributed by atoms with Gasteiger partial charge in [-0.15, -0.1) is 11.3 Å². The SMILES string of the molecule is Cc1nc2c(-c3ccccc3)c(-c3ccccc3)[nH]n2c(=O)c1-c1ccc2nc(CN3C(=O)c4ccccc4C3=O)sc2c1. The molecule has 8 nitrogen and oxygen atoms in total. The molecule has 8 rings (SSSR count). The quantitative estimate of drug-likeness (QED) is 0.223. The van der Waals surface area contributed by atoms with Crippen molar-refractivity contribution < 1.29 is 9.59 Å². The summed E-state index contributed by atoms with van der Waals surface area (Å²) in [6, 6.07) is 32.3. The minimum atomic E-state index is -0.315. The second-order valence-electron chi connectivity index (χ2n) is 10.7. The molecular weight excluding hydrogens is 570 g/mol. The van der Waals surface area contributed by atoms with Crippen LogP contribution in [0.4, 0.5) is 0 Å². The molecule has 0 aliphatic carbocycles. The van der Waals surface area contributed by atoms with Gasteiger partial charge in [-0.25, -0.2) is 9.97 Å². The Hall–Kier alpha value is -5.67. The van der Waals surface area contributed by atoms with Crippen LogP contribution in [0.5, 0.6) is 0 Å². The van der Waals surface area contributed by atoms with E-state index in [1.807, 2.05) is 85.8 Å². The number of thiazole rings is 1. The lowest BCUT2D eigenvalue weighted by atomic mass is 10.0. The van der Waals surface area contributed by atoms with Gasteiger partial charge in [0.1, 0.15) is 5.01 Å². The molecular formula is C35H23N5O3S. The van der Waals surface area contributed by atoms with Crippen LogP contribution in [0.1, 0.15) is 31.4 Å². The van der Waals surface area contributed by atoms with Crippen molar-refractivity contribution in [1.82, 2.24) is 24.5 Å². The number of carbonyl (C=O) groups is 2. The van der Waals surface area contributed by atoms with Crippen LogP contribution in [0.2, 0.25) is 0 Å². The van der Waals surface area contributed by atoms with Crippen molar-refractivity contribution in [3.05, 3.63) is 135 Å². The zero-order chi connectivity index (χ0) is 29.9. The van der Waals surface area contributed by atoms with E-state index >= 15 is 0 Å². The molecule has 1 aliphatic heterocycles. The number of aromatic amines is 1. The monoisotopic (exact) mass is 593 g/mol. The second-order valence-corrected chi connectivity index (χ2v) is 11.8. The van der Waals surface area contributed by atoms with E-state index in [9.17, 15) is 14.4 Å². The Morgan fingerprint density at radius 3 is 2.02 bits per heavy atom. The van der Waals surface area contributed by atoms with E-state index in [1.54, 1.807) is 24.3 Å². The molecule has 9 heteroatoms. The lowest BCUT2D eigenvalue weighted by molar-refractivity contribution is 0.0642. The zero-order valence-corrected chi connectivity index (χ0v) is 24.3. The average Bonchev–Trinajstić information content (AvgIpc) is 3.71. The maximum Gasteiger partial charge on any atom is 0.280 e. The highest BCUT2D eigenvalue weighted by atomic mass is 32.1. The summed E-state index contributed by atoms with van der Waals surface area (Å²) in [6.07, 6.45) is 0. The first-order chi connectivity index (χ1) is 21.5. The van der Waals surface area contributed by atoms with Crippen molar-refractivity contribution in [2.45, 2.75) is 13.5 Å². The molecule has 4 heterocycles. The van der Waals surface area contributed by atoms with Crippen molar-refractivity contribution in [2.24, 2.45) is 0 Å². The molecule has 3 aromatic heterocycles. The number of nitrogens with zero attached hydrogens (tertiary/aromatic N) is 4. The Labute approximate surface area is 254 Å². The molecule has 0 unspecified atom stereocenters. The topological polar surface area (TPSA) is 100 Å². The van der Waals surface area contributed by atoms with Gasteiger partial charge in [-0.3, -0.25) is 24.4 Å². The maximum absolute atomic E-state index is 14.1. The van der Waals surface area contributed by atoms with Gasteiger partial charge in [-0.1, -0.05) is 78.9 Å². The largest absolute Gasteiger partial charge is 0.288 e. The third-order valence-corrected chi connectivity index (χ3v) is 8.98. The molecule has 1 N–H and O–H groups in total. The third kappa shape index (κ3) is 4.01. The molecule has 0 saturated carbocycles. The number of H-pyrrole nitrogens is 1. The Bertz CT molecular complexity index is 2300. The Kier molecular flexibility index (Phi) is 5.88. The van der Waals surface area contributed by atoms with E-state index in [-0.39, 0.29) is 23.9 Å². The average molecular weight is 594 g/mol. The fraction of sp³-hybridized carbons (Fsp3) is 0.0571. The highest BCUT2D eigenvalue weighted by Crippen LogP contribution is 2.35. The third-order valence-electron chi connectivity index (χ3n) is 7.98. The molecule has 0 radical (unpaired) electrons. The molecule has 0 saturated heterocycles. The number of imide groups is 1. The molecule has 1 aliphatic rings. The number of carbonyl (C=O) groups excluding carboxylic acids is 2. The maximum atomic E-state index is 14.1. The van der Waals surface area contributed by atoms with Crippen molar-refractivity contribution >= 4 is 39.0 Å². The minimum absolute atomic E-state index is 0.0865. The fourth-order valence-electron chi connectivity index (χ4n) is 5.92. The minimum Gasteiger partial charge on any atom is -0.288 e. The fourth-order valence-corrected chi connectivity index (χ4v) is 6.91. The summed E-state index contributed by atoms with van der Waals surface area (Å²) < 4.78 is 2.37. The summed E-state index contributed by atoms with van der Waals surface area (Å²) in [6.45, 7) is 1.94. The molecule has 0 bridgehead atoms. The van der Waals surface area contributed by atoms with E-state index in [1.165, 1.54) is 20.8 Å². The molecule has 44 heavy (non-hydrogen) atoms. The van der Waals surface area contributed by atoms with Gasteiger partial charge in [-0.2, -0.15) is 4.52 Å². The number of aryl methyl sites for hydroxylation is 1. The van der Waals surface area contributed by atoms with Crippen molar-refractivity contribution in [1.29, 1.82) is 0 Å². The van der Waals surface area contributed by atoms with Crippen molar-refractivity contribution in [3.63, 3.8) is 0 Å². The summed E-state index contributed by atoms with van der Waals surface area (Å²) >= 11 is 1.40. The van der Waals surface area contributed by atoms with Crippen LogP contribution in [0.25, 0.3) is 49.4 Å². The van der Waals surface area contributed by atoms with Gasteiger partial charge in [-0.05, 0) is 42.3 Å². The number of rotatable bonds is 5. The second kappa shape index (κ2) is 9.96. The van der Waals surface area contributed by atoms with E-state index in [2.05, 4.69) is 10.1 Å². The van der Waals surface area contributed by atoms with Crippen molar-refractivity contribution in [2.75, 3.05) is 0 Å². The summed E-state index contributed by atoms with van der Waals surface area (Å²) in [5.74, 6) is -0.631. The van der Waals surface area contributed by atoms with E-state index in [0.29, 0.717) is 33.0 Å². The highest BCUT2D eigenvalue weighted by molar-refractivity contribution is 7.18. The van der Waals surface area contributed by atoms with Gasteiger partial charge < -0.3 is 0 Å². The van der Waals surface area contributed by atoms with Crippen LogP contribution in [0.15, 0.2) is 108 Å². The molecule has 0 atom stereocenters. The first kappa shape index (κ1) is 26.0. The summed E-state index contributed by atoms with van der Waals surface area (Å²) in [5.41, 5.74) is 7.31. The summed E-state index contributed by atoms with van der Waals surface area (Å²) in [4.78, 5) is 50.8. The summed E-state index contributed by atoms with van der Waals surface area (Å²) in [5, 5.41) is 3.98. The van der Waals surface area contributed by atoms with Gasteiger partial charge >= 0.3 is 0 Å². The molecule has 7 aromatic rings. The Morgan fingerprint density at radius 2 is 1.34 bits per heavy atom. The van der Waals surface area contributed by atoms with Gasteiger partial charge in [0.2, 0.25) is 0 Å². The number of hydrogen-bond acceptors (Lipinski definition) is 6. The van der Waals surface area contributed by atoms with Crippen LogP contribution < -0.4 is 5.56 Å². The van der Waals surface area contributed by atoms with Crippen LogP contribution in [0, 0.1) is 6.92 Å². The lowest BCUT2D eigenvalue weighted by Gasteiger charge is -2.11. The number of fused-ring (bicyclic) bond motifs is 3. The molecule has 4 aromatic carbocycles. The Balaban J connectivity index is 1.21. The summed E-state index contributed by atoms with van der Waals surface area (Å²) in [7, 11) is 0. The Morgan fingerprint density at radius 1 is 0.705 bits per heavy atom. The van der Waals surface area contributed by atoms with Gasteiger partial charge in [0.25, 0.3) is 17.4 Å². The number of aromatic nitrogens is 4. The highest BCUT2D eigenvalue weighted by Gasteiger charge is 2.35. The van der Waals surface area contributed by atoms with Crippen LogP contribution in [0.3, 0.4) is 0 Å². The van der Waals surface area contributed by atoms with Crippen molar-refractivity contribution in [3.8, 4) is 33.5 Å². The molecule has 212 valence electrons. The first-order valence-corrected chi connectivity index (χ1v) is 14.9. The van der Waals surface area contributed by atoms with E-state index < -0.39 is 0 Å². The lowest BCUT2D eigenvalue weighted by Crippen LogP contribution is -2.28. The van der Waals surface area contributed by atoms with Crippen LogP contribution >= 0.6 is 11.3 Å². The molecule has 0 spiro atoms. The van der Waals surface area contributed by atoms with Gasteiger partial charge in [0.15, 0.2) is 5.65 Å². The predicted molar refractivity (Wildman–Crippen MR) is 171 cm³/mol. The predicted octanol–water partition coefficient (Wildman–Crippen LogP) is 6.74. The van der Waals surface area contributed by atoms with Crippen LogP contribution in [-0.4, -0.2) is 36.3 Å². The molecule has 0 fully saturated rings. The smallest absolute Gasteiger partial charge is 0.280 e. The number of benzene rings is 4. The van der Waals surface area contributed by atoms with E-state index in [4.69, 9.17) is 4.98 Å². The van der Waals surface area contributed by atoms with E-state index in [0.717, 1.165) is 38.2 Å². The van der Waals surface area contributed by atoms with Gasteiger partial charge in [0, 0.05) is 5.56 Å². The normalized spacial score (nSPS) is 12.9. The number of nitrogens with one attached hydrogen (secondary N) is 1. The van der Waals surface area contributed by atoms with Gasteiger partial charge in [0.05, 0.1) is 50.4 Å². The molecule has 2 amide bonds. The number of amides is 2. The van der Waals surface area contributed by atoms with Crippen LogP contribution in [-0.2, 0) is 6.54 Å². The zero-order valence-electron chi connectivity index (χ0n) is 23.4.